The normalized spacial score (nSPS) is 12.5. The van der Waals surface area contributed by atoms with Gasteiger partial charge in [0.25, 0.3) is 0 Å². The Balaban J connectivity index is 2.42. The summed E-state index contributed by atoms with van der Waals surface area (Å²) in [6.45, 7) is 9.01. The number of rotatable bonds is 5. The highest BCUT2D eigenvalue weighted by molar-refractivity contribution is 7.12. The van der Waals surface area contributed by atoms with Gasteiger partial charge in [0.15, 0.2) is 0 Å². The lowest BCUT2D eigenvalue weighted by molar-refractivity contribution is -0.145. The standard InChI is InChI=1S/C12H19NO2S/c1-5-15-12(14)9(3)13-7-11-6-8(2)10(4)16-11/h6,9,13H,5,7H2,1-4H3. The second-order valence-corrected chi connectivity index (χ2v) is 5.15. The van der Waals surface area contributed by atoms with Gasteiger partial charge in [0, 0.05) is 16.3 Å². The molecule has 0 radical (unpaired) electrons. The van der Waals surface area contributed by atoms with E-state index >= 15 is 0 Å². The van der Waals surface area contributed by atoms with Crippen molar-refractivity contribution in [1.29, 1.82) is 0 Å². The first-order valence-electron chi connectivity index (χ1n) is 5.50. The first-order chi connectivity index (χ1) is 7.54. The molecule has 16 heavy (non-hydrogen) atoms. The van der Waals surface area contributed by atoms with E-state index in [9.17, 15) is 4.79 Å². The van der Waals surface area contributed by atoms with Crippen LogP contribution in [-0.4, -0.2) is 18.6 Å². The zero-order valence-corrected chi connectivity index (χ0v) is 11.1. The van der Waals surface area contributed by atoms with Crippen molar-refractivity contribution in [2.24, 2.45) is 0 Å². The summed E-state index contributed by atoms with van der Waals surface area (Å²) in [4.78, 5) is 13.9. The Morgan fingerprint density at radius 2 is 2.25 bits per heavy atom. The quantitative estimate of drug-likeness (QED) is 0.805. The lowest BCUT2D eigenvalue weighted by Gasteiger charge is -2.11. The van der Waals surface area contributed by atoms with Gasteiger partial charge in [-0.3, -0.25) is 10.1 Å². The van der Waals surface area contributed by atoms with Crippen molar-refractivity contribution in [2.45, 2.75) is 40.3 Å². The SMILES string of the molecule is CCOC(=O)C(C)NCc1cc(C)c(C)s1. The van der Waals surface area contributed by atoms with Crippen LogP contribution in [0.5, 0.6) is 0 Å². The maximum atomic E-state index is 11.4. The Hall–Kier alpha value is -0.870. The van der Waals surface area contributed by atoms with Crippen molar-refractivity contribution in [3.8, 4) is 0 Å². The molecular weight excluding hydrogens is 222 g/mol. The highest BCUT2D eigenvalue weighted by atomic mass is 32.1. The molecule has 90 valence electrons. The lowest BCUT2D eigenvalue weighted by Crippen LogP contribution is -2.34. The maximum absolute atomic E-state index is 11.4. The average molecular weight is 241 g/mol. The zero-order chi connectivity index (χ0) is 12.1. The molecule has 1 aromatic heterocycles. The number of esters is 1. The average Bonchev–Trinajstić information content (AvgIpc) is 2.55. The molecule has 0 bridgehead atoms. The van der Waals surface area contributed by atoms with E-state index in [0.29, 0.717) is 6.61 Å². The predicted octanol–water partition coefficient (Wildman–Crippen LogP) is 2.41. The monoisotopic (exact) mass is 241 g/mol. The molecule has 0 aliphatic carbocycles. The number of thiophene rings is 1. The second-order valence-electron chi connectivity index (χ2n) is 3.81. The fourth-order valence-electron chi connectivity index (χ4n) is 1.34. The van der Waals surface area contributed by atoms with Crippen molar-refractivity contribution >= 4 is 17.3 Å². The van der Waals surface area contributed by atoms with Crippen LogP contribution in [0.1, 0.15) is 29.2 Å². The van der Waals surface area contributed by atoms with Crippen molar-refractivity contribution in [3.63, 3.8) is 0 Å². The van der Waals surface area contributed by atoms with Gasteiger partial charge in [-0.1, -0.05) is 0 Å². The highest BCUT2D eigenvalue weighted by Gasteiger charge is 2.13. The van der Waals surface area contributed by atoms with Crippen LogP contribution in [0.2, 0.25) is 0 Å². The molecule has 0 aliphatic heterocycles. The summed E-state index contributed by atoms with van der Waals surface area (Å²) < 4.78 is 4.92. The van der Waals surface area contributed by atoms with E-state index in [1.807, 2.05) is 13.8 Å². The molecular formula is C12H19NO2S. The van der Waals surface area contributed by atoms with Gasteiger partial charge in [-0.25, -0.2) is 0 Å². The molecule has 0 amide bonds. The third kappa shape index (κ3) is 3.61. The van der Waals surface area contributed by atoms with E-state index in [2.05, 4.69) is 25.2 Å². The summed E-state index contributed by atoms with van der Waals surface area (Å²) in [5.74, 6) is -0.187. The van der Waals surface area contributed by atoms with Gasteiger partial charge in [0.1, 0.15) is 6.04 Å². The van der Waals surface area contributed by atoms with E-state index in [-0.39, 0.29) is 12.0 Å². The molecule has 3 nitrogen and oxygen atoms in total. The first-order valence-corrected chi connectivity index (χ1v) is 6.32. The molecule has 0 aliphatic rings. The number of hydrogen-bond acceptors (Lipinski definition) is 4. The van der Waals surface area contributed by atoms with Gasteiger partial charge in [0.05, 0.1) is 6.61 Å². The number of carbonyl (C=O) groups excluding carboxylic acids is 1. The molecule has 0 saturated carbocycles. The van der Waals surface area contributed by atoms with Crippen LogP contribution in [0.25, 0.3) is 0 Å². The molecule has 1 aromatic rings. The van der Waals surface area contributed by atoms with Crippen molar-refractivity contribution in [3.05, 3.63) is 21.4 Å². The van der Waals surface area contributed by atoms with Crippen LogP contribution < -0.4 is 5.32 Å². The molecule has 4 heteroatoms. The number of ether oxygens (including phenoxy) is 1. The third-order valence-electron chi connectivity index (χ3n) is 2.44. The van der Waals surface area contributed by atoms with Crippen LogP contribution in [0, 0.1) is 13.8 Å². The van der Waals surface area contributed by atoms with Gasteiger partial charge in [0.2, 0.25) is 0 Å². The summed E-state index contributed by atoms with van der Waals surface area (Å²) in [6.07, 6.45) is 0. The van der Waals surface area contributed by atoms with Crippen molar-refractivity contribution in [2.75, 3.05) is 6.61 Å². The fourth-order valence-corrected chi connectivity index (χ4v) is 2.35. The van der Waals surface area contributed by atoms with Crippen molar-refractivity contribution in [1.82, 2.24) is 5.32 Å². The smallest absolute Gasteiger partial charge is 0.322 e. The minimum Gasteiger partial charge on any atom is -0.465 e. The highest BCUT2D eigenvalue weighted by Crippen LogP contribution is 2.20. The largest absolute Gasteiger partial charge is 0.465 e. The summed E-state index contributed by atoms with van der Waals surface area (Å²) in [5.41, 5.74) is 1.31. The van der Waals surface area contributed by atoms with E-state index < -0.39 is 0 Å². The molecule has 1 heterocycles. The Kier molecular flexibility index (Phi) is 4.96. The Labute approximate surface area is 101 Å². The van der Waals surface area contributed by atoms with Crippen LogP contribution >= 0.6 is 11.3 Å². The molecule has 1 atom stereocenters. The maximum Gasteiger partial charge on any atom is 0.322 e. The van der Waals surface area contributed by atoms with Gasteiger partial charge in [-0.05, 0) is 39.3 Å². The minimum absolute atomic E-state index is 0.187. The molecule has 0 fully saturated rings. The zero-order valence-electron chi connectivity index (χ0n) is 10.3. The summed E-state index contributed by atoms with van der Waals surface area (Å²) in [6, 6.07) is 1.91. The van der Waals surface area contributed by atoms with Gasteiger partial charge in [-0.2, -0.15) is 0 Å². The van der Waals surface area contributed by atoms with Crippen LogP contribution in [0.15, 0.2) is 6.07 Å². The topological polar surface area (TPSA) is 38.3 Å². The second kappa shape index (κ2) is 6.01. The summed E-state index contributed by atoms with van der Waals surface area (Å²) in [5, 5.41) is 3.16. The van der Waals surface area contributed by atoms with E-state index in [4.69, 9.17) is 4.74 Å². The fraction of sp³-hybridized carbons (Fsp3) is 0.583. The number of carbonyl (C=O) groups is 1. The summed E-state index contributed by atoms with van der Waals surface area (Å²) in [7, 11) is 0. The lowest BCUT2D eigenvalue weighted by atomic mass is 10.3. The minimum atomic E-state index is -0.248. The molecule has 0 saturated heterocycles. The first kappa shape index (κ1) is 13.2. The van der Waals surface area contributed by atoms with Gasteiger partial charge in [-0.15, -0.1) is 11.3 Å². The van der Waals surface area contributed by atoms with Crippen LogP contribution in [0.3, 0.4) is 0 Å². The van der Waals surface area contributed by atoms with E-state index in [1.54, 1.807) is 11.3 Å². The Morgan fingerprint density at radius 1 is 1.56 bits per heavy atom. The third-order valence-corrected chi connectivity index (χ3v) is 3.59. The van der Waals surface area contributed by atoms with Crippen molar-refractivity contribution < 1.29 is 9.53 Å². The van der Waals surface area contributed by atoms with Gasteiger partial charge < -0.3 is 4.74 Å². The van der Waals surface area contributed by atoms with E-state index in [1.165, 1.54) is 15.3 Å². The predicted molar refractivity (Wildman–Crippen MR) is 66.7 cm³/mol. The molecule has 0 aromatic carbocycles. The van der Waals surface area contributed by atoms with Gasteiger partial charge >= 0.3 is 5.97 Å². The molecule has 1 rings (SSSR count). The van der Waals surface area contributed by atoms with Crippen LogP contribution in [-0.2, 0) is 16.1 Å². The Bertz CT molecular complexity index is 340. The number of aryl methyl sites for hydroxylation is 2. The van der Waals surface area contributed by atoms with Crippen LogP contribution in [0.4, 0.5) is 0 Å². The Morgan fingerprint density at radius 3 is 2.75 bits per heavy atom. The van der Waals surface area contributed by atoms with E-state index in [0.717, 1.165) is 6.54 Å². The molecule has 1 N–H and O–H groups in total. The molecule has 0 spiro atoms. The number of hydrogen-bond donors (Lipinski definition) is 1. The molecule has 1 unspecified atom stereocenters. The number of nitrogens with one attached hydrogen (secondary N) is 1. The summed E-state index contributed by atoms with van der Waals surface area (Å²) >= 11 is 1.77.